The average Bonchev–Trinajstić information content (AvgIpc) is 3.10. The van der Waals surface area contributed by atoms with E-state index in [0.717, 1.165) is 37.4 Å². The lowest BCUT2D eigenvalue weighted by Gasteiger charge is -2.35. The minimum atomic E-state index is -2.66. The Morgan fingerprint density at radius 1 is 1.00 bits per heavy atom. The number of furan rings is 1. The molecule has 0 aliphatic heterocycles. The van der Waals surface area contributed by atoms with Gasteiger partial charge in [0.25, 0.3) is 0 Å². The van der Waals surface area contributed by atoms with E-state index < -0.39 is 7.28 Å². The van der Waals surface area contributed by atoms with Gasteiger partial charge in [0.2, 0.25) is 7.28 Å². The quantitative estimate of drug-likeness (QED) is 0.287. The number of benzene rings is 2. The summed E-state index contributed by atoms with van der Waals surface area (Å²) in [6.07, 6.45) is 0. The maximum atomic E-state index is 6.79. The van der Waals surface area contributed by atoms with Crippen molar-refractivity contribution in [1.29, 1.82) is 0 Å². The Bertz CT molecular complexity index is 1070. The number of hydrogen-bond acceptors (Lipinski definition) is 4. The van der Waals surface area contributed by atoms with Crippen LogP contribution in [-0.2, 0) is 0 Å². The van der Waals surface area contributed by atoms with E-state index in [9.17, 15) is 0 Å². The molecule has 1 heterocycles. The van der Waals surface area contributed by atoms with Crippen LogP contribution in [0.2, 0.25) is 0 Å². The van der Waals surface area contributed by atoms with Crippen LogP contribution in [0.5, 0.6) is 11.5 Å². The number of ether oxygens (including phenoxy) is 1. The topological polar surface area (TPSA) is 44.0 Å². The highest BCUT2D eigenvalue weighted by atomic mass is 79.9. The number of halogens is 2. The molecule has 1 aromatic heterocycles. The normalized spacial score (nSPS) is 13.6. The van der Waals surface area contributed by atoms with Gasteiger partial charge in [0, 0.05) is 9.63 Å². The molecule has 1 atom stereocenters. The van der Waals surface area contributed by atoms with Crippen molar-refractivity contribution >= 4 is 50.3 Å². The SMILES string of the molecule is CCOc1ccc(N=[P@@](Oc2ccc(Br)cc2Br)(c2ccc(C)o2)C(C)(C)C)cc1. The van der Waals surface area contributed by atoms with Crippen LogP contribution in [0.1, 0.15) is 33.5 Å². The molecule has 0 spiro atoms. The van der Waals surface area contributed by atoms with E-state index in [1.807, 2.05) is 68.4 Å². The summed E-state index contributed by atoms with van der Waals surface area (Å²) in [4.78, 5) is 0. The summed E-state index contributed by atoms with van der Waals surface area (Å²) in [6, 6.07) is 17.6. The van der Waals surface area contributed by atoms with Gasteiger partial charge < -0.3 is 13.7 Å². The summed E-state index contributed by atoms with van der Waals surface area (Å²) in [5.74, 6) is 2.38. The molecule has 0 radical (unpaired) electrons. The summed E-state index contributed by atoms with van der Waals surface area (Å²) >= 11 is 7.14. The Kier molecular flexibility index (Phi) is 7.21. The van der Waals surface area contributed by atoms with Gasteiger partial charge in [0.15, 0.2) is 5.50 Å². The summed E-state index contributed by atoms with van der Waals surface area (Å²) in [6.45, 7) is 11.0. The highest BCUT2D eigenvalue weighted by molar-refractivity contribution is 9.11. The smallest absolute Gasteiger partial charge is 0.207 e. The van der Waals surface area contributed by atoms with Gasteiger partial charge in [0.05, 0.1) is 16.8 Å². The van der Waals surface area contributed by atoms with Crippen LogP contribution in [0, 0.1) is 6.92 Å². The minimum Gasteiger partial charge on any atom is -0.494 e. The molecule has 3 aromatic rings. The lowest BCUT2D eigenvalue weighted by atomic mass is 10.3. The number of rotatable bonds is 6. The number of aryl methyl sites for hydroxylation is 1. The van der Waals surface area contributed by atoms with Crippen molar-refractivity contribution in [3.8, 4) is 11.5 Å². The molecule has 0 saturated heterocycles. The first-order valence-corrected chi connectivity index (χ1v) is 13.0. The number of nitrogens with zero attached hydrogens (tertiary/aromatic N) is 1. The number of hydrogen-bond donors (Lipinski definition) is 0. The van der Waals surface area contributed by atoms with Crippen LogP contribution in [0.3, 0.4) is 0 Å². The Morgan fingerprint density at radius 2 is 1.70 bits per heavy atom. The highest BCUT2D eigenvalue weighted by Crippen LogP contribution is 2.62. The first kappa shape index (κ1) is 23.2. The van der Waals surface area contributed by atoms with Crippen molar-refractivity contribution in [2.75, 3.05) is 6.61 Å². The van der Waals surface area contributed by atoms with Gasteiger partial charge in [0.1, 0.15) is 17.3 Å². The zero-order valence-electron chi connectivity index (χ0n) is 17.8. The van der Waals surface area contributed by atoms with Gasteiger partial charge in [-0.1, -0.05) is 36.7 Å². The van der Waals surface area contributed by atoms with E-state index in [-0.39, 0.29) is 5.16 Å². The standard InChI is InChI=1S/C23H26Br2NO3P/c1-6-27-19-11-9-18(10-12-19)26-30(23(3,4)5,22-14-7-16(2)28-22)29-21-13-8-17(24)15-20(21)25/h7-15H,6H2,1-5H3/t30-/m1/s1. The molecule has 0 aliphatic carbocycles. The maximum absolute atomic E-state index is 6.79. The lowest BCUT2D eigenvalue weighted by molar-refractivity contribution is 0.340. The van der Waals surface area contributed by atoms with Gasteiger partial charge in [-0.25, -0.2) is 4.74 Å². The van der Waals surface area contributed by atoms with E-state index in [2.05, 4.69) is 52.6 Å². The van der Waals surface area contributed by atoms with Crippen molar-refractivity contribution in [3.05, 3.63) is 69.3 Å². The van der Waals surface area contributed by atoms with Crippen LogP contribution in [-0.4, -0.2) is 11.8 Å². The molecule has 4 nitrogen and oxygen atoms in total. The molecule has 0 bridgehead atoms. The molecule has 0 aliphatic rings. The average molecular weight is 555 g/mol. The molecule has 7 heteroatoms. The molecule has 0 unspecified atom stereocenters. The van der Waals surface area contributed by atoms with E-state index in [1.165, 1.54) is 0 Å². The van der Waals surface area contributed by atoms with Crippen molar-refractivity contribution in [3.63, 3.8) is 0 Å². The molecule has 3 rings (SSSR count). The van der Waals surface area contributed by atoms with Crippen LogP contribution >= 0.6 is 39.1 Å². The molecule has 0 N–H and O–H groups in total. The summed E-state index contributed by atoms with van der Waals surface area (Å²) < 4.78 is 25.5. The third-order valence-electron chi connectivity index (χ3n) is 4.46. The first-order valence-electron chi connectivity index (χ1n) is 9.71. The predicted octanol–water partition coefficient (Wildman–Crippen LogP) is 8.46. The maximum Gasteiger partial charge on any atom is 0.207 e. The van der Waals surface area contributed by atoms with Crippen LogP contribution in [0.15, 0.2) is 72.7 Å². The zero-order chi connectivity index (χ0) is 21.9. The Hall–Kier alpha value is -1.49. The Labute approximate surface area is 195 Å². The van der Waals surface area contributed by atoms with Gasteiger partial charge in [-0.15, -0.1) is 0 Å². The fourth-order valence-electron chi connectivity index (χ4n) is 2.95. The Balaban J connectivity index is 2.22. The van der Waals surface area contributed by atoms with E-state index in [0.29, 0.717) is 6.61 Å². The Morgan fingerprint density at radius 3 is 2.23 bits per heavy atom. The predicted molar refractivity (Wildman–Crippen MR) is 132 cm³/mol. The molecule has 30 heavy (non-hydrogen) atoms. The van der Waals surface area contributed by atoms with Crippen LogP contribution in [0.25, 0.3) is 0 Å². The third-order valence-corrected chi connectivity index (χ3v) is 9.21. The first-order chi connectivity index (χ1) is 14.1. The highest BCUT2D eigenvalue weighted by Gasteiger charge is 2.42. The fourth-order valence-corrected chi connectivity index (χ4v) is 7.11. The second kappa shape index (κ2) is 9.33. The second-order valence-corrected chi connectivity index (χ2v) is 12.9. The van der Waals surface area contributed by atoms with Gasteiger partial charge in [-0.05, 0) is 84.4 Å². The van der Waals surface area contributed by atoms with Crippen molar-refractivity contribution < 1.29 is 13.7 Å². The van der Waals surface area contributed by atoms with Crippen molar-refractivity contribution in [2.45, 2.75) is 39.8 Å². The van der Waals surface area contributed by atoms with Crippen molar-refractivity contribution in [1.82, 2.24) is 0 Å². The summed E-state index contributed by atoms with van der Waals surface area (Å²) in [5.41, 5.74) is 1.58. The van der Waals surface area contributed by atoms with Crippen LogP contribution < -0.4 is 14.8 Å². The molecule has 0 saturated carbocycles. The summed E-state index contributed by atoms with van der Waals surface area (Å²) in [5, 5.41) is -0.317. The monoisotopic (exact) mass is 553 g/mol. The lowest BCUT2D eigenvalue weighted by Crippen LogP contribution is -2.26. The van der Waals surface area contributed by atoms with Crippen LogP contribution in [0.4, 0.5) is 5.69 Å². The summed E-state index contributed by atoms with van der Waals surface area (Å²) in [7, 11) is -2.66. The molecule has 160 valence electrons. The minimum absolute atomic E-state index is 0.317. The molecule has 2 aromatic carbocycles. The van der Waals surface area contributed by atoms with Gasteiger partial charge >= 0.3 is 0 Å². The zero-order valence-corrected chi connectivity index (χ0v) is 21.8. The largest absolute Gasteiger partial charge is 0.494 e. The van der Waals surface area contributed by atoms with E-state index >= 15 is 0 Å². The van der Waals surface area contributed by atoms with E-state index in [4.69, 9.17) is 18.4 Å². The van der Waals surface area contributed by atoms with Gasteiger partial charge in [-0.3, -0.25) is 0 Å². The molecule has 0 fully saturated rings. The second-order valence-electron chi connectivity index (χ2n) is 7.82. The van der Waals surface area contributed by atoms with Gasteiger partial charge in [-0.2, -0.15) is 0 Å². The fraction of sp³-hybridized carbons (Fsp3) is 0.304. The molecule has 0 amide bonds. The van der Waals surface area contributed by atoms with E-state index in [1.54, 1.807) is 0 Å². The molecular formula is C23H26Br2NO3P. The van der Waals surface area contributed by atoms with Crippen molar-refractivity contribution in [2.24, 2.45) is 4.74 Å². The third kappa shape index (κ3) is 5.04. The molecular weight excluding hydrogens is 529 g/mol.